The molecule has 12 heteroatoms. The molecule has 0 N–H and O–H groups in total. The second kappa shape index (κ2) is 12.6. The lowest BCUT2D eigenvalue weighted by molar-refractivity contribution is 0.0184. The number of ether oxygens (including phenoxy) is 4. The monoisotopic (exact) mass is 628 g/mol. The second-order valence-electron chi connectivity index (χ2n) is 12.8. The fraction of sp³-hybridized carbons (Fsp3) is 0.353. The number of pyridine rings is 2. The molecule has 1 fully saturated rings. The first-order valence-corrected chi connectivity index (χ1v) is 14.9. The molecule has 2 amide bonds. The zero-order valence-corrected chi connectivity index (χ0v) is 26.7. The molecule has 2 aromatic carbocycles. The zero-order chi connectivity index (χ0) is 33.2. The van der Waals surface area contributed by atoms with Gasteiger partial charge in [0.05, 0.1) is 22.2 Å². The molecule has 5 rings (SSSR count). The minimum atomic E-state index is -0.927. The van der Waals surface area contributed by atoms with E-state index >= 15 is 0 Å². The molecule has 0 atom stereocenters. The highest BCUT2D eigenvalue weighted by molar-refractivity contribution is 6.08. The Labute approximate surface area is 266 Å². The van der Waals surface area contributed by atoms with Gasteiger partial charge in [-0.3, -0.25) is 9.59 Å². The molecule has 1 aliphatic heterocycles. The molecule has 12 nitrogen and oxygen atoms in total. The molecule has 1 saturated heterocycles. The standard InChI is InChI=1S/C34H36N4O8/c1-33(2,3)45-31(41)43-27-19-23(21-11-7-9-13-25(21)35-27)29(39)37-15-17-38(18-16-37)30(40)24-20-28(44-32(42)46-34(4,5)6)36-26-14-10-8-12-22(24)26/h7-14,19-20H,15-18H2,1-6H3. The lowest BCUT2D eigenvalue weighted by Gasteiger charge is -2.35. The van der Waals surface area contributed by atoms with Crippen LogP contribution in [-0.2, 0) is 9.47 Å². The Kier molecular flexibility index (Phi) is 8.82. The molecule has 4 aromatic rings. The van der Waals surface area contributed by atoms with Crippen molar-refractivity contribution in [2.75, 3.05) is 26.2 Å². The average Bonchev–Trinajstić information content (AvgIpc) is 2.97. The molecule has 0 bridgehead atoms. The van der Waals surface area contributed by atoms with E-state index in [2.05, 4.69) is 9.97 Å². The van der Waals surface area contributed by atoms with E-state index in [4.69, 9.17) is 18.9 Å². The number of carbonyl (C=O) groups is 4. The number of fused-ring (bicyclic) bond motifs is 2. The quantitative estimate of drug-likeness (QED) is 0.247. The number of para-hydroxylation sites is 2. The van der Waals surface area contributed by atoms with E-state index in [1.54, 1.807) is 99.9 Å². The Morgan fingerprint density at radius 3 is 1.28 bits per heavy atom. The average molecular weight is 629 g/mol. The topological polar surface area (TPSA) is 137 Å². The van der Waals surface area contributed by atoms with E-state index in [9.17, 15) is 19.2 Å². The summed E-state index contributed by atoms with van der Waals surface area (Å²) in [4.78, 5) is 64.3. The number of benzene rings is 2. The lowest BCUT2D eigenvalue weighted by Crippen LogP contribution is -2.50. The Morgan fingerprint density at radius 2 is 0.935 bits per heavy atom. The molecular weight excluding hydrogens is 592 g/mol. The van der Waals surface area contributed by atoms with Crippen LogP contribution < -0.4 is 9.47 Å². The number of aromatic nitrogens is 2. The van der Waals surface area contributed by atoms with Gasteiger partial charge in [-0.15, -0.1) is 0 Å². The third-order valence-electron chi connectivity index (χ3n) is 6.86. The van der Waals surface area contributed by atoms with E-state index < -0.39 is 23.5 Å². The number of piperazine rings is 1. The van der Waals surface area contributed by atoms with E-state index in [0.29, 0.717) is 32.9 Å². The summed E-state index contributed by atoms with van der Waals surface area (Å²) in [5.41, 5.74) is 0.0584. The van der Waals surface area contributed by atoms with Crippen molar-refractivity contribution in [3.63, 3.8) is 0 Å². The summed E-state index contributed by atoms with van der Waals surface area (Å²) in [6, 6.07) is 17.0. The van der Waals surface area contributed by atoms with Crippen LogP contribution in [0.4, 0.5) is 9.59 Å². The van der Waals surface area contributed by atoms with Gasteiger partial charge in [0.25, 0.3) is 11.8 Å². The van der Waals surface area contributed by atoms with Crippen molar-refractivity contribution in [2.45, 2.75) is 52.7 Å². The van der Waals surface area contributed by atoms with Crippen LogP contribution in [0.15, 0.2) is 60.7 Å². The summed E-state index contributed by atoms with van der Waals surface area (Å²) in [6.45, 7) is 11.3. The van der Waals surface area contributed by atoms with Crippen molar-refractivity contribution in [3.05, 3.63) is 71.8 Å². The second-order valence-corrected chi connectivity index (χ2v) is 12.8. The van der Waals surface area contributed by atoms with Crippen molar-refractivity contribution in [2.24, 2.45) is 0 Å². The van der Waals surface area contributed by atoms with Gasteiger partial charge in [0.1, 0.15) is 11.2 Å². The van der Waals surface area contributed by atoms with Gasteiger partial charge in [-0.05, 0) is 53.7 Å². The predicted octanol–water partition coefficient (Wildman–Crippen LogP) is 6.01. The molecule has 3 heterocycles. The van der Waals surface area contributed by atoms with Gasteiger partial charge in [0.2, 0.25) is 11.8 Å². The molecule has 0 radical (unpaired) electrons. The van der Waals surface area contributed by atoms with Crippen molar-refractivity contribution in [3.8, 4) is 11.8 Å². The van der Waals surface area contributed by atoms with Crippen molar-refractivity contribution >= 4 is 45.9 Å². The number of carbonyl (C=O) groups excluding carboxylic acids is 4. The number of amides is 2. The molecule has 1 aliphatic rings. The lowest BCUT2D eigenvalue weighted by atomic mass is 10.1. The Bertz CT molecular complexity index is 1680. The maximum atomic E-state index is 13.8. The maximum Gasteiger partial charge on any atom is 0.515 e. The van der Waals surface area contributed by atoms with Crippen LogP contribution in [0.1, 0.15) is 62.3 Å². The third-order valence-corrected chi connectivity index (χ3v) is 6.86. The van der Waals surface area contributed by atoms with Crippen molar-refractivity contribution in [1.29, 1.82) is 0 Å². The summed E-state index contributed by atoms with van der Waals surface area (Å²) >= 11 is 0. The first kappa shape index (κ1) is 32.1. The van der Waals surface area contributed by atoms with Gasteiger partial charge >= 0.3 is 12.3 Å². The van der Waals surface area contributed by atoms with E-state index in [-0.39, 0.29) is 49.8 Å². The number of rotatable bonds is 4. The minimum absolute atomic E-state index is 0.0564. The largest absolute Gasteiger partial charge is 0.515 e. The van der Waals surface area contributed by atoms with Gasteiger partial charge < -0.3 is 28.7 Å². The number of hydrogen-bond acceptors (Lipinski definition) is 10. The van der Waals surface area contributed by atoms with Crippen LogP contribution in [0.3, 0.4) is 0 Å². The summed E-state index contributed by atoms with van der Waals surface area (Å²) in [6.07, 6.45) is -1.85. The fourth-order valence-corrected chi connectivity index (χ4v) is 4.93. The smallest absolute Gasteiger partial charge is 0.428 e. The third kappa shape index (κ3) is 7.68. The zero-order valence-electron chi connectivity index (χ0n) is 26.7. The molecule has 0 spiro atoms. The normalized spacial score (nSPS) is 13.8. The minimum Gasteiger partial charge on any atom is -0.428 e. The summed E-state index contributed by atoms with van der Waals surface area (Å²) in [5.74, 6) is -0.692. The highest BCUT2D eigenvalue weighted by Crippen LogP contribution is 2.27. The Hall–Kier alpha value is -5.26. The molecular formula is C34H36N4O8. The molecule has 0 unspecified atom stereocenters. The summed E-state index contributed by atoms with van der Waals surface area (Å²) in [5, 5.41) is 1.20. The highest BCUT2D eigenvalue weighted by Gasteiger charge is 2.29. The number of hydrogen-bond donors (Lipinski definition) is 0. The molecule has 240 valence electrons. The number of nitrogens with zero attached hydrogens (tertiary/aromatic N) is 4. The first-order valence-electron chi connectivity index (χ1n) is 14.9. The Morgan fingerprint density at radius 1 is 0.587 bits per heavy atom. The van der Waals surface area contributed by atoms with Gasteiger partial charge in [-0.2, -0.15) is 0 Å². The van der Waals surface area contributed by atoms with Crippen LogP contribution in [0, 0.1) is 0 Å². The van der Waals surface area contributed by atoms with Crippen LogP contribution in [-0.4, -0.2) is 81.3 Å². The van der Waals surface area contributed by atoms with E-state index in [0.717, 1.165) is 0 Å². The van der Waals surface area contributed by atoms with Gasteiger partial charge in [0, 0.05) is 49.1 Å². The predicted molar refractivity (Wildman–Crippen MR) is 169 cm³/mol. The molecule has 2 aromatic heterocycles. The van der Waals surface area contributed by atoms with E-state index in [1.165, 1.54) is 12.1 Å². The summed E-state index contributed by atoms with van der Waals surface area (Å²) < 4.78 is 21.1. The fourth-order valence-electron chi connectivity index (χ4n) is 4.93. The van der Waals surface area contributed by atoms with Gasteiger partial charge in [-0.25, -0.2) is 19.6 Å². The maximum absolute atomic E-state index is 13.8. The molecule has 0 saturated carbocycles. The molecule has 46 heavy (non-hydrogen) atoms. The van der Waals surface area contributed by atoms with Crippen molar-refractivity contribution in [1.82, 2.24) is 19.8 Å². The Balaban J connectivity index is 1.33. The van der Waals surface area contributed by atoms with Crippen LogP contribution in [0.5, 0.6) is 11.8 Å². The summed E-state index contributed by atoms with van der Waals surface area (Å²) in [7, 11) is 0. The van der Waals surface area contributed by atoms with Crippen LogP contribution >= 0.6 is 0 Å². The van der Waals surface area contributed by atoms with Crippen LogP contribution in [0.25, 0.3) is 21.8 Å². The SMILES string of the molecule is CC(C)(C)OC(=O)Oc1cc(C(=O)N2CCN(C(=O)c3cc(OC(=O)OC(C)(C)C)nc4ccccc34)CC2)c2ccccc2n1. The van der Waals surface area contributed by atoms with Gasteiger partial charge in [-0.1, -0.05) is 36.4 Å². The first-order chi connectivity index (χ1) is 21.7. The van der Waals surface area contributed by atoms with Crippen LogP contribution in [0.2, 0.25) is 0 Å². The highest BCUT2D eigenvalue weighted by atomic mass is 16.7. The van der Waals surface area contributed by atoms with Crippen molar-refractivity contribution < 1.29 is 38.1 Å². The van der Waals surface area contributed by atoms with E-state index in [1.807, 2.05) is 0 Å². The molecule has 0 aliphatic carbocycles. The van der Waals surface area contributed by atoms with Gasteiger partial charge in [0.15, 0.2) is 0 Å².